The molecule has 0 aliphatic carbocycles. The number of hydrogen-bond donors (Lipinski definition) is 3. The lowest BCUT2D eigenvalue weighted by molar-refractivity contribution is -0.141. The zero-order chi connectivity index (χ0) is 13.8. The second kappa shape index (κ2) is 5.48. The van der Waals surface area contributed by atoms with Gasteiger partial charge in [0.25, 0.3) is 5.91 Å². The van der Waals surface area contributed by atoms with Gasteiger partial charge in [0.05, 0.1) is 0 Å². The van der Waals surface area contributed by atoms with Crippen LogP contribution >= 0.6 is 0 Å². The van der Waals surface area contributed by atoms with Gasteiger partial charge in [-0.3, -0.25) is 9.78 Å². The predicted molar refractivity (Wildman–Crippen MR) is 67.6 cm³/mol. The van der Waals surface area contributed by atoms with Crippen LogP contribution in [0.4, 0.5) is 5.69 Å². The van der Waals surface area contributed by atoms with Crippen molar-refractivity contribution in [3.63, 3.8) is 0 Å². The van der Waals surface area contributed by atoms with E-state index in [0.29, 0.717) is 12.1 Å². The fraction of sp³-hybridized carbons (Fsp3) is 0.417. The standard InChI is InChI=1S/C12H17N3O3/c1-4-12(2,11(17)18)15-8-5-6-14-9(7-8)10(16)13-3/h5-7H,4H2,1-3H3,(H,13,16)(H,14,15)(H,17,18). The van der Waals surface area contributed by atoms with E-state index in [1.807, 2.05) is 0 Å². The van der Waals surface area contributed by atoms with Crippen LogP contribution in [0.25, 0.3) is 0 Å². The lowest BCUT2D eigenvalue weighted by Gasteiger charge is -2.25. The summed E-state index contributed by atoms with van der Waals surface area (Å²) in [6.45, 7) is 3.37. The number of carboxylic acids is 1. The van der Waals surface area contributed by atoms with E-state index in [1.165, 1.54) is 19.3 Å². The van der Waals surface area contributed by atoms with Crippen molar-refractivity contribution in [1.82, 2.24) is 10.3 Å². The molecule has 0 bridgehead atoms. The number of nitrogens with zero attached hydrogens (tertiary/aromatic N) is 1. The van der Waals surface area contributed by atoms with Crippen LogP contribution in [0.15, 0.2) is 18.3 Å². The summed E-state index contributed by atoms with van der Waals surface area (Å²) in [7, 11) is 1.51. The fourth-order valence-corrected chi connectivity index (χ4v) is 1.37. The number of carbonyl (C=O) groups is 2. The van der Waals surface area contributed by atoms with Crippen molar-refractivity contribution >= 4 is 17.6 Å². The van der Waals surface area contributed by atoms with Crippen molar-refractivity contribution in [1.29, 1.82) is 0 Å². The third-order valence-corrected chi connectivity index (χ3v) is 2.82. The molecule has 1 amide bonds. The van der Waals surface area contributed by atoms with Gasteiger partial charge >= 0.3 is 5.97 Å². The van der Waals surface area contributed by atoms with E-state index < -0.39 is 11.5 Å². The van der Waals surface area contributed by atoms with E-state index in [1.54, 1.807) is 19.9 Å². The van der Waals surface area contributed by atoms with Crippen LogP contribution < -0.4 is 10.6 Å². The highest BCUT2D eigenvalue weighted by atomic mass is 16.4. The highest BCUT2D eigenvalue weighted by Gasteiger charge is 2.30. The molecule has 0 radical (unpaired) electrons. The molecular weight excluding hydrogens is 234 g/mol. The van der Waals surface area contributed by atoms with Crippen molar-refractivity contribution < 1.29 is 14.7 Å². The molecule has 98 valence electrons. The number of pyridine rings is 1. The number of anilines is 1. The average molecular weight is 251 g/mol. The van der Waals surface area contributed by atoms with Crippen molar-refractivity contribution in [2.24, 2.45) is 0 Å². The quantitative estimate of drug-likeness (QED) is 0.729. The molecular formula is C12H17N3O3. The molecule has 6 nitrogen and oxygen atoms in total. The molecule has 0 saturated heterocycles. The molecule has 6 heteroatoms. The summed E-state index contributed by atoms with van der Waals surface area (Å²) in [6, 6.07) is 3.15. The summed E-state index contributed by atoms with van der Waals surface area (Å²) in [5, 5.41) is 14.5. The van der Waals surface area contributed by atoms with Crippen LogP contribution in [0.5, 0.6) is 0 Å². The number of hydrogen-bond acceptors (Lipinski definition) is 4. The Hall–Kier alpha value is -2.11. The third-order valence-electron chi connectivity index (χ3n) is 2.82. The zero-order valence-corrected chi connectivity index (χ0v) is 10.7. The third kappa shape index (κ3) is 2.97. The number of rotatable bonds is 5. The number of carbonyl (C=O) groups excluding carboxylic acids is 1. The Kier molecular flexibility index (Phi) is 4.25. The van der Waals surface area contributed by atoms with Crippen molar-refractivity contribution in [2.75, 3.05) is 12.4 Å². The van der Waals surface area contributed by atoms with Gasteiger partial charge in [-0.25, -0.2) is 4.79 Å². The predicted octanol–water partition coefficient (Wildman–Crippen LogP) is 1.11. The number of aliphatic carboxylic acids is 1. The molecule has 1 aromatic heterocycles. The second-order valence-electron chi connectivity index (χ2n) is 4.12. The Morgan fingerprint density at radius 2 is 2.17 bits per heavy atom. The number of carboxylic acid groups (broad SMARTS) is 1. The molecule has 18 heavy (non-hydrogen) atoms. The second-order valence-corrected chi connectivity index (χ2v) is 4.12. The molecule has 0 spiro atoms. The first kappa shape index (κ1) is 14.0. The van der Waals surface area contributed by atoms with Gasteiger partial charge in [0, 0.05) is 18.9 Å². The van der Waals surface area contributed by atoms with E-state index in [4.69, 9.17) is 5.11 Å². The van der Waals surface area contributed by atoms with Gasteiger partial charge < -0.3 is 15.7 Å². The maximum atomic E-state index is 11.4. The summed E-state index contributed by atoms with van der Waals surface area (Å²) in [6.07, 6.45) is 1.88. The van der Waals surface area contributed by atoms with Gasteiger partial charge in [-0.1, -0.05) is 6.92 Å². The molecule has 1 rings (SSSR count). The fourth-order valence-electron chi connectivity index (χ4n) is 1.37. The molecule has 1 unspecified atom stereocenters. The van der Waals surface area contributed by atoms with Gasteiger partial charge in [-0.15, -0.1) is 0 Å². The van der Waals surface area contributed by atoms with Gasteiger partial charge in [-0.05, 0) is 25.5 Å². The summed E-state index contributed by atoms with van der Waals surface area (Å²) in [5.41, 5.74) is -0.275. The van der Waals surface area contributed by atoms with Gasteiger partial charge in [0.2, 0.25) is 0 Å². The smallest absolute Gasteiger partial charge is 0.329 e. The molecule has 0 aliphatic heterocycles. The first-order valence-corrected chi connectivity index (χ1v) is 5.62. The first-order chi connectivity index (χ1) is 8.42. The average Bonchev–Trinajstić information content (AvgIpc) is 2.37. The van der Waals surface area contributed by atoms with Crippen molar-refractivity contribution in [3.8, 4) is 0 Å². The summed E-state index contributed by atoms with van der Waals surface area (Å²) < 4.78 is 0. The summed E-state index contributed by atoms with van der Waals surface area (Å²) >= 11 is 0. The Balaban J connectivity index is 2.98. The lowest BCUT2D eigenvalue weighted by Crippen LogP contribution is -2.42. The molecule has 1 atom stereocenters. The maximum Gasteiger partial charge on any atom is 0.329 e. The highest BCUT2D eigenvalue weighted by Crippen LogP contribution is 2.19. The Labute approximate surface area is 105 Å². The van der Waals surface area contributed by atoms with Crippen molar-refractivity contribution in [2.45, 2.75) is 25.8 Å². The van der Waals surface area contributed by atoms with E-state index in [9.17, 15) is 9.59 Å². The summed E-state index contributed by atoms with van der Waals surface area (Å²) in [5.74, 6) is -1.25. The molecule has 1 heterocycles. The number of amides is 1. The lowest BCUT2D eigenvalue weighted by atomic mass is 9.99. The molecule has 0 saturated carbocycles. The van der Waals surface area contributed by atoms with Gasteiger partial charge in [-0.2, -0.15) is 0 Å². The van der Waals surface area contributed by atoms with Gasteiger partial charge in [0.1, 0.15) is 11.2 Å². The van der Waals surface area contributed by atoms with E-state index in [0.717, 1.165) is 0 Å². The molecule has 0 fully saturated rings. The minimum Gasteiger partial charge on any atom is -0.480 e. The van der Waals surface area contributed by atoms with Crippen LogP contribution in [0.3, 0.4) is 0 Å². The van der Waals surface area contributed by atoms with Crippen LogP contribution in [0, 0.1) is 0 Å². The SMILES string of the molecule is CCC(C)(Nc1ccnc(C(=O)NC)c1)C(=O)O. The van der Waals surface area contributed by atoms with Gasteiger partial charge in [0.15, 0.2) is 0 Å². The first-order valence-electron chi connectivity index (χ1n) is 5.62. The Morgan fingerprint density at radius 1 is 1.50 bits per heavy atom. The minimum atomic E-state index is -1.07. The topological polar surface area (TPSA) is 91.3 Å². The summed E-state index contributed by atoms with van der Waals surface area (Å²) in [4.78, 5) is 26.5. The molecule has 1 aromatic rings. The van der Waals surface area contributed by atoms with Crippen LogP contribution in [-0.4, -0.2) is 34.6 Å². The van der Waals surface area contributed by atoms with Crippen molar-refractivity contribution in [3.05, 3.63) is 24.0 Å². The number of nitrogens with one attached hydrogen (secondary N) is 2. The number of aromatic nitrogens is 1. The Bertz CT molecular complexity index is 462. The van der Waals surface area contributed by atoms with Crippen LogP contribution in [0.1, 0.15) is 30.8 Å². The van der Waals surface area contributed by atoms with E-state index in [2.05, 4.69) is 15.6 Å². The largest absolute Gasteiger partial charge is 0.480 e. The van der Waals surface area contributed by atoms with Crippen LogP contribution in [0.2, 0.25) is 0 Å². The maximum absolute atomic E-state index is 11.4. The minimum absolute atomic E-state index is 0.242. The molecule has 0 aliphatic rings. The van der Waals surface area contributed by atoms with E-state index >= 15 is 0 Å². The Morgan fingerprint density at radius 3 is 2.67 bits per heavy atom. The van der Waals surface area contributed by atoms with E-state index in [-0.39, 0.29) is 11.6 Å². The highest BCUT2D eigenvalue weighted by molar-refractivity contribution is 5.93. The molecule has 3 N–H and O–H groups in total. The zero-order valence-electron chi connectivity index (χ0n) is 10.7. The monoisotopic (exact) mass is 251 g/mol. The normalized spacial score (nSPS) is 13.5. The van der Waals surface area contributed by atoms with Crippen LogP contribution in [-0.2, 0) is 4.79 Å². The molecule has 0 aromatic carbocycles.